The van der Waals surface area contributed by atoms with Crippen LogP contribution in [0.5, 0.6) is 0 Å². The van der Waals surface area contributed by atoms with Gasteiger partial charge >= 0.3 is 0 Å². The zero-order valence-electron chi connectivity index (χ0n) is 15.8. The Bertz CT molecular complexity index is 682. The summed E-state index contributed by atoms with van der Waals surface area (Å²) < 4.78 is 32.8. The molecule has 7 nitrogen and oxygen atoms in total. The normalized spacial score (nSPS) is 16.7. The van der Waals surface area contributed by atoms with Crippen LogP contribution in [0.1, 0.15) is 24.1 Å². The minimum absolute atomic E-state index is 0.312. The lowest BCUT2D eigenvalue weighted by Crippen LogP contribution is -2.43. The number of aliphatic imine (C=N–C) groups is 1. The number of sulfonamides is 1. The Morgan fingerprint density at radius 2 is 2.08 bits per heavy atom. The van der Waals surface area contributed by atoms with Crippen LogP contribution in [0.3, 0.4) is 0 Å². The van der Waals surface area contributed by atoms with Crippen molar-refractivity contribution in [3.63, 3.8) is 0 Å². The summed E-state index contributed by atoms with van der Waals surface area (Å²) in [6, 6.07) is 3.45. The fourth-order valence-corrected chi connectivity index (χ4v) is 5.25. The molecule has 0 saturated carbocycles. The van der Waals surface area contributed by atoms with Gasteiger partial charge in [-0.3, -0.25) is 4.99 Å². The van der Waals surface area contributed by atoms with E-state index in [-0.39, 0.29) is 0 Å². The average molecular weight is 403 g/mol. The largest absolute Gasteiger partial charge is 0.381 e. The van der Waals surface area contributed by atoms with Crippen molar-refractivity contribution < 1.29 is 13.2 Å². The summed E-state index contributed by atoms with van der Waals surface area (Å²) in [5.41, 5.74) is 0. The molecule has 2 rings (SSSR count). The lowest BCUT2D eigenvalue weighted by molar-refractivity contribution is 0.0625. The number of nitrogens with one attached hydrogen (secondary N) is 2. The Labute approximate surface area is 160 Å². The van der Waals surface area contributed by atoms with E-state index in [1.165, 1.54) is 11.3 Å². The topological polar surface area (TPSA) is 83.0 Å². The van der Waals surface area contributed by atoms with Gasteiger partial charge in [0.25, 0.3) is 0 Å². The maximum Gasteiger partial charge on any atom is 0.250 e. The fourth-order valence-electron chi connectivity index (χ4n) is 2.89. The van der Waals surface area contributed by atoms with E-state index in [4.69, 9.17) is 4.74 Å². The highest BCUT2D eigenvalue weighted by Gasteiger charge is 2.17. The molecule has 0 unspecified atom stereocenters. The molecule has 0 aromatic carbocycles. The maximum absolute atomic E-state index is 12.2. The molecule has 1 fully saturated rings. The highest BCUT2D eigenvalue weighted by molar-refractivity contribution is 7.91. The van der Waals surface area contributed by atoms with E-state index in [1.807, 2.05) is 20.0 Å². The van der Waals surface area contributed by atoms with Crippen molar-refractivity contribution in [2.24, 2.45) is 10.9 Å². The Kier molecular flexibility index (Phi) is 8.33. The summed E-state index contributed by atoms with van der Waals surface area (Å²) >= 11 is 1.28. The molecule has 1 saturated heterocycles. The van der Waals surface area contributed by atoms with E-state index in [9.17, 15) is 8.42 Å². The molecule has 0 amide bonds. The number of nitrogens with zero attached hydrogens (tertiary/aromatic N) is 2. The lowest BCUT2D eigenvalue weighted by atomic mass is 9.96. The third kappa shape index (κ3) is 6.53. The first-order valence-electron chi connectivity index (χ1n) is 8.98. The first kappa shape index (κ1) is 21.1. The van der Waals surface area contributed by atoms with Gasteiger partial charge in [-0.1, -0.05) is 0 Å². The highest BCUT2D eigenvalue weighted by atomic mass is 32.2. The molecule has 148 valence electrons. The van der Waals surface area contributed by atoms with E-state index in [2.05, 4.69) is 19.9 Å². The van der Waals surface area contributed by atoms with Crippen LogP contribution >= 0.6 is 11.3 Å². The summed E-state index contributed by atoms with van der Waals surface area (Å²) in [6.07, 6.45) is 3.37. The smallest absolute Gasteiger partial charge is 0.250 e. The van der Waals surface area contributed by atoms with Gasteiger partial charge in [0.1, 0.15) is 4.21 Å². The Morgan fingerprint density at radius 3 is 2.69 bits per heavy atom. The van der Waals surface area contributed by atoms with Crippen LogP contribution < -0.4 is 10.0 Å². The minimum atomic E-state index is -3.43. The van der Waals surface area contributed by atoms with Crippen LogP contribution in [-0.4, -0.2) is 66.2 Å². The van der Waals surface area contributed by atoms with Gasteiger partial charge in [-0.05, 0) is 44.2 Å². The molecule has 1 aromatic heterocycles. The van der Waals surface area contributed by atoms with Crippen LogP contribution in [0.2, 0.25) is 0 Å². The van der Waals surface area contributed by atoms with Crippen molar-refractivity contribution in [2.75, 3.05) is 46.9 Å². The molecule has 1 aliphatic rings. The average Bonchev–Trinajstić information content (AvgIpc) is 3.08. The third-order valence-corrected chi connectivity index (χ3v) is 7.42. The first-order valence-corrected chi connectivity index (χ1v) is 11.3. The lowest BCUT2D eigenvalue weighted by Gasteiger charge is -2.26. The zero-order chi connectivity index (χ0) is 19.0. The summed E-state index contributed by atoms with van der Waals surface area (Å²) in [5, 5.41) is 3.21. The predicted molar refractivity (Wildman–Crippen MR) is 106 cm³/mol. The second kappa shape index (κ2) is 10.2. The van der Waals surface area contributed by atoms with Crippen molar-refractivity contribution in [1.82, 2.24) is 14.9 Å². The quantitative estimate of drug-likeness (QED) is 0.393. The van der Waals surface area contributed by atoms with Gasteiger partial charge in [-0.2, -0.15) is 0 Å². The van der Waals surface area contributed by atoms with Gasteiger partial charge in [0.15, 0.2) is 5.96 Å². The number of rotatable bonds is 8. The first-order chi connectivity index (χ1) is 12.4. The molecule has 0 aliphatic carbocycles. The second-order valence-corrected chi connectivity index (χ2v) is 9.78. The van der Waals surface area contributed by atoms with Crippen LogP contribution in [0.15, 0.2) is 21.3 Å². The monoisotopic (exact) mass is 402 g/mol. The molecular formula is C17H30N4O3S2. The fraction of sp³-hybridized carbons (Fsp3) is 0.706. The number of guanidine groups is 1. The Balaban J connectivity index is 1.70. The molecule has 26 heavy (non-hydrogen) atoms. The molecular weight excluding hydrogens is 372 g/mol. The van der Waals surface area contributed by atoms with Gasteiger partial charge in [0.2, 0.25) is 10.0 Å². The van der Waals surface area contributed by atoms with E-state index in [1.54, 1.807) is 13.1 Å². The summed E-state index contributed by atoms with van der Waals surface area (Å²) in [4.78, 5) is 7.35. The number of hydrogen-bond acceptors (Lipinski definition) is 5. The summed E-state index contributed by atoms with van der Waals surface area (Å²) in [7, 11) is 0.323. The number of hydrogen-bond donors (Lipinski definition) is 2. The number of aryl methyl sites for hydroxylation is 1. The maximum atomic E-state index is 12.2. The van der Waals surface area contributed by atoms with Crippen LogP contribution in [0.4, 0.5) is 0 Å². The third-order valence-electron chi connectivity index (χ3n) is 4.47. The van der Waals surface area contributed by atoms with E-state index in [0.717, 1.165) is 49.9 Å². The Hall–Kier alpha value is -1.16. The second-order valence-electron chi connectivity index (χ2n) is 6.50. The molecule has 1 aliphatic heterocycles. The van der Waals surface area contributed by atoms with Crippen molar-refractivity contribution >= 4 is 27.3 Å². The van der Waals surface area contributed by atoms with Gasteiger partial charge in [0.05, 0.1) is 0 Å². The van der Waals surface area contributed by atoms with Gasteiger partial charge in [-0.25, -0.2) is 13.1 Å². The predicted octanol–water partition coefficient (Wildman–Crippen LogP) is 1.66. The van der Waals surface area contributed by atoms with E-state index in [0.29, 0.717) is 23.2 Å². The van der Waals surface area contributed by atoms with Crippen molar-refractivity contribution in [2.45, 2.75) is 30.4 Å². The standard InChI is InChI=1S/C17H30N4O3S2/c1-14-4-5-16(25-14)26(22,23)20-10-9-19-17(18-2)21(3)11-6-15-7-12-24-13-8-15/h4-5,15,20H,6-13H2,1-3H3,(H,18,19). The molecule has 9 heteroatoms. The molecule has 0 radical (unpaired) electrons. The van der Waals surface area contributed by atoms with Crippen LogP contribution in [0.25, 0.3) is 0 Å². The number of thiophene rings is 1. The summed E-state index contributed by atoms with van der Waals surface area (Å²) in [5.74, 6) is 1.49. The van der Waals surface area contributed by atoms with E-state index >= 15 is 0 Å². The molecule has 1 aromatic rings. The molecule has 0 bridgehead atoms. The Morgan fingerprint density at radius 1 is 1.35 bits per heavy atom. The molecule has 0 spiro atoms. The van der Waals surface area contributed by atoms with Gasteiger partial charge < -0.3 is 15.0 Å². The SMILES string of the molecule is CN=C(NCCNS(=O)(=O)c1ccc(C)s1)N(C)CCC1CCOCC1. The van der Waals surface area contributed by atoms with Crippen molar-refractivity contribution in [1.29, 1.82) is 0 Å². The molecule has 2 N–H and O–H groups in total. The van der Waals surface area contributed by atoms with Gasteiger partial charge in [-0.15, -0.1) is 11.3 Å². The molecule has 0 atom stereocenters. The van der Waals surface area contributed by atoms with Crippen molar-refractivity contribution in [3.05, 3.63) is 17.0 Å². The highest BCUT2D eigenvalue weighted by Crippen LogP contribution is 2.20. The van der Waals surface area contributed by atoms with Gasteiger partial charge in [0, 0.05) is 51.8 Å². The van der Waals surface area contributed by atoms with Crippen LogP contribution in [0, 0.1) is 12.8 Å². The van der Waals surface area contributed by atoms with Crippen LogP contribution in [-0.2, 0) is 14.8 Å². The minimum Gasteiger partial charge on any atom is -0.381 e. The van der Waals surface area contributed by atoms with Crippen molar-refractivity contribution in [3.8, 4) is 0 Å². The van der Waals surface area contributed by atoms with E-state index < -0.39 is 10.0 Å². The zero-order valence-corrected chi connectivity index (χ0v) is 17.5. The molecule has 2 heterocycles. The summed E-state index contributed by atoms with van der Waals surface area (Å²) in [6.45, 7) is 5.34. The number of ether oxygens (including phenoxy) is 1.